The lowest BCUT2D eigenvalue weighted by molar-refractivity contribution is 0.0951. The Morgan fingerprint density at radius 2 is 1.90 bits per heavy atom. The van der Waals surface area contributed by atoms with Crippen molar-refractivity contribution in [1.29, 1.82) is 0 Å². The fourth-order valence-corrected chi connectivity index (χ4v) is 4.65. The van der Waals surface area contributed by atoms with E-state index in [0.717, 1.165) is 30.1 Å². The van der Waals surface area contributed by atoms with Crippen LogP contribution in [0.5, 0.6) is 0 Å². The van der Waals surface area contributed by atoms with Crippen LogP contribution in [0.25, 0.3) is 0 Å². The fourth-order valence-electron chi connectivity index (χ4n) is 3.41. The Kier molecular flexibility index (Phi) is 6.12. The van der Waals surface area contributed by atoms with E-state index in [9.17, 15) is 4.79 Å². The van der Waals surface area contributed by atoms with E-state index in [-0.39, 0.29) is 5.91 Å². The maximum atomic E-state index is 12.7. The highest BCUT2D eigenvalue weighted by atomic mass is 35.5. The van der Waals surface area contributed by atoms with Crippen LogP contribution in [0.4, 0.5) is 5.69 Å². The minimum absolute atomic E-state index is 0.0846. The number of thioether (sulfide) groups is 1. The van der Waals surface area contributed by atoms with Crippen LogP contribution in [0.3, 0.4) is 0 Å². The van der Waals surface area contributed by atoms with Crippen LogP contribution in [0.1, 0.15) is 27.0 Å². The molecule has 0 unspecified atom stereocenters. The van der Waals surface area contributed by atoms with Gasteiger partial charge in [-0.2, -0.15) is 0 Å². The zero-order chi connectivity index (χ0) is 20.2. The van der Waals surface area contributed by atoms with Crippen molar-refractivity contribution in [2.45, 2.75) is 24.9 Å². The van der Waals surface area contributed by atoms with Gasteiger partial charge in [-0.3, -0.25) is 4.79 Å². The van der Waals surface area contributed by atoms with Crippen molar-refractivity contribution in [1.82, 2.24) is 5.32 Å². The molecule has 3 aromatic carbocycles. The van der Waals surface area contributed by atoms with Crippen LogP contribution in [-0.2, 0) is 13.1 Å². The Labute approximate surface area is 181 Å². The van der Waals surface area contributed by atoms with Crippen molar-refractivity contribution in [3.8, 4) is 0 Å². The van der Waals surface area contributed by atoms with E-state index in [2.05, 4.69) is 47.5 Å². The topological polar surface area (TPSA) is 32.3 Å². The first-order valence-corrected chi connectivity index (χ1v) is 11.1. The molecule has 5 heteroatoms. The molecule has 148 valence electrons. The summed E-state index contributed by atoms with van der Waals surface area (Å²) < 4.78 is 0. The predicted molar refractivity (Wildman–Crippen MR) is 122 cm³/mol. The van der Waals surface area contributed by atoms with Gasteiger partial charge in [-0.25, -0.2) is 0 Å². The second-order valence-electron chi connectivity index (χ2n) is 7.21. The van der Waals surface area contributed by atoms with Crippen molar-refractivity contribution in [3.05, 3.63) is 94.0 Å². The average Bonchev–Trinajstić information content (AvgIpc) is 2.74. The number of nitrogens with zero attached hydrogens (tertiary/aromatic N) is 1. The van der Waals surface area contributed by atoms with Crippen LogP contribution in [0.2, 0.25) is 5.02 Å². The molecule has 0 spiro atoms. The number of amides is 1. The second kappa shape index (κ2) is 8.93. The van der Waals surface area contributed by atoms with Gasteiger partial charge in [0.05, 0.1) is 5.69 Å². The number of rotatable bonds is 5. The van der Waals surface area contributed by atoms with Gasteiger partial charge in [0.1, 0.15) is 0 Å². The molecule has 1 amide bonds. The van der Waals surface area contributed by atoms with E-state index in [1.807, 2.05) is 48.2 Å². The zero-order valence-electron chi connectivity index (χ0n) is 16.3. The summed E-state index contributed by atoms with van der Waals surface area (Å²) in [6, 6.07) is 22.2. The first-order valence-electron chi connectivity index (χ1n) is 9.69. The van der Waals surface area contributed by atoms with Gasteiger partial charge in [-0.15, -0.1) is 11.8 Å². The number of nitrogens with one attached hydrogen (secondary N) is 1. The molecule has 1 aliphatic heterocycles. The van der Waals surface area contributed by atoms with Crippen molar-refractivity contribution in [2.24, 2.45) is 0 Å². The normalized spacial score (nSPS) is 13.1. The van der Waals surface area contributed by atoms with E-state index in [4.69, 9.17) is 11.6 Å². The molecule has 0 atom stereocenters. The van der Waals surface area contributed by atoms with E-state index in [0.29, 0.717) is 17.1 Å². The fraction of sp³-hybridized carbons (Fsp3) is 0.208. The molecular weight excluding hydrogens is 400 g/mol. The van der Waals surface area contributed by atoms with E-state index >= 15 is 0 Å². The molecule has 29 heavy (non-hydrogen) atoms. The molecule has 1 N–H and O–H groups in total. The van der Waals surface area contributed by atoms with Gasteiger partial charge in [0, 0.05) is 40.9 Å². The Balaban J connectivity index is 1.50. The third-order valence-corrected chi connectivity index (χ3v) is 6.48. The lowest BCUT2D eigenvalue weighted by Crippen LogP contribution is -2.29. The van der Waals surface area contributed by atoms with Gasteiger partial charge >= 0.3 is 0 Å². The number of fused-ring (bicyclic) bond motifs is 1. The molecule has 3 aromatic rings. The molecule has 4 rings (SSSR count). The van der Waals surface area contributed by atoms with Gasteiger partial charge in [0.2, 0.25) is 0 Å². The van der Waals surface area contributed by atoms with Crippen LogP contribution < -0.4 is 10.2 Å². The number of anilines is 1. The van der Waals surface area contributed by atoms with Crippen LogP contribution >= 0.6 is 23.4 Å². The minimum atomic E-state index is -0.0846. The maximum Gasteiger partial charge on any atom is 0.251 e. The minimum Gasteiger partial charge on any atom is -0.365 e. The lowest BCUT2D eigenvalue weighted by Gasteiger charge is -2.31. The summed E-state index contributed by atoms with van der Waals surface area (Å²) in [7, 11) is 0. The van der Waals surface area contributed by atoms with Gasteiger partial charge in [0.25, 0.3) is 5.91 Å². The smallest absolute Gasteiger partial charge is 0.251 e. The summed E-state index contributed by atoms with van der Waals surface area (Å²) in [5.41, 5.74) is 5.26. The highest BCUT2D eigenvalue weighted by Gasteiger charge is 2.19. The zero-order valence-corrected chi connectivity index (χ0v) is 17.9. The number of carbonyl (C=O) groups is 1. The molecule has 0 saturated heterocycles. The molecule has 0 fully saturated rings. The van der Waals surface area contributed by atoms with Crippen molar-refractivity contribution < 1.29 is 4.79 Å². The molecule has 0 aromatic heterocycles. The third-order valence-electron chi connectivity index (χ3n) is 5.07. The third kappa shape index (κ3) is 4.77. The Bertz CT molecular complexity index is 1020. The van der Waals surface area contributed by atoms with E-state index in [1.54, 1.807) is 0 Å². The summed E-state index contributed by atoms with van der Waals surface area (Å²) >= 11 is 8.04. The first-order chi connectivity index (χ1) is 14.1. The molecule has 0 radical (unpaired) electrons. The van der Waals surface area contributed by atoms with Crippen molar-refractivity contribution >= 4 is 35.0 Å². The number of hydrogen-bond acceptors (Lipinski definition) is 3. The summed E-state index contributed by atoms with van der Waals surface area (Å²) in [6.07, 6.45) is 0. The summed E-state index contributed by atoms with van der Waals surface area (Å²) in [4.78, 5) is 16.3. The standard InChI is InChI=1S/C24H23ClN2OS/c1-17-6-8-18(9-7-17)16-27-12-13-29-23-11-10-19(14-22(23)27)24(28)26-15-20-4-2-3-5-21(20)25/h2-11,14H,12-13,15-16H2,1H3,(H,26,28). The monoisotopic (exact) mass is 422 g/mol. The first kappa shape index (κ1) is 19.9. The van der Waals surface area contributed by atoms with Crippen LogP contribution in [0.15, 0.2) is 71.6 Å². The van der Waals surface area contributed by atoms with Gasteiger partial charge in [-0.05, 0) is 42.3 Å². The summed E-state index contributed by atoms with van der Waals surface area (Å²) in [5, 5.41) is 3.65. The average molecular weight is 423 g/mol. The van der Waals surface area contributed by atoms with Crippen LogP contribution in [0, 0.1) is 6.92 Å². The molecule has 3 nitrogen and oxygen atoms in total. The van der Waals surface area contributed by atoms with Crippen molar-refractivity contribution in [2.75, 3.05) is 17.2 Å². The summed E-state index contributed by atoms with van der Waals surface area (Å²) in [5.74, 6) is 0.968. The second-order valence-corrected chi connectivity index (χ2v) is 8.76. The number of carbonyl (C=O) groups excluding carboxylic acids is 1. The maximum absolute atomic E-state index is 12.7. The largest absolute Gasteiger partial charge is 0.365 e. The SMILES string of the molecule is Cc1ccc(CN2CCSc3ccc(C(=O)NCc4ccccc4Cl)cc32)cc1. The Hall–Kier alpha value is -2.43. The van der Waals surface area contributed by atoms with Gasteiger partial charge < -0.3 is 10.2 Å². The van der Waals surface area contributed by atoms with Gasteiger partial charge in [0.15, 0.2) is 0 Å². The van der Waals surface area contributed by atoms with Crippen LogP contribution in [-0.4, -0.2) is 18.2 Å². The lowest BCUT2D eigenvalue weighted by atomic mass is 10.1. The Morgan fingerprint density at radius 3 is 2.69 bits per heavy atom. The number of aryl methyl sites for hydroxylation is 1. The molecule has 0 saturated carbocycles. The van der Waals surface area contributed by atoms with Gasteiger partial charge in [-0.1, -0.05) is 59.6 Å². The number of benzene rings is 3. The molecule has 1 heterocycles. The number of hydrogen-bond donors (Lipinski definition) is 1. The molecule has 0 aliphatic carbocycles. The van der Waals surface area contributed by atoms with Crippen molar-refractivity contribution in [3.63, 3.8) is 0 Å². The quantitative estimate of drug-likeness (QED) is 0.573. The Morgan fingerprint density at radius 1 is 1.10 bits per heavy atom. The predicted octanol–water partition coefficient (Wildman–Crippen LogP) is 5.69. The molecule has 1 aliphatic rings. The van der Waals surface area contributed by atoms with E-state index in [1.165, 1.54) is 16.0 Å². The summed E-state index contributed by atoms with van der Waals surface area (Å²) in [6.45, 7) is 4.33. The molecule has 0 bridgehead atoms. The van der Waals surface area contributed by atoms with E-state index < -0.39 is 0 Å². The molecular formula is C24H23ClN2OS. The number of halogens is 1. The highest BCUT2D eigenvalue weighted by molar-refractivity contribution is 7.99. The highest BCUT2D eigenvalue weighted by Crippen LogP contribution is 2.36.